The van der Waals surface area contributed by atoms with Gasteiger partial charge in [-0.15, -0.1) is 0 Å². The van der Waals surface area contributed by atoms with Crippen LogP contribution in [0.25, 0.3) is 0 Å². The van der Waals surface area contributed by atoms with Crippen LogP contribution in [-0.2, 0) is 0 Å². The minimum absolute atomic E-state index is 0.293. The summed E-state index contributed by atoms with van der Waals surface area (Å²) < 4.78 is 0. The first kappa shape index (κ1) is 42.9. The third-order valence-electron chi connectivity index (χ3n) is 9.98. The summed E-state index contributed by atoms with van der Waals surface area (Å²) in [4.78, 5) is 2.36. The summed E-state index contributed by atoms with van der Waals surface area (Å²) in [5.74, 6) is 0.829. The fourth-order valence-corrected chi connectivity index (χ4v) is 6.99. The number of nitrogens with zero attached hydrogens (tertiary/aromatic N) is 1. The molecule has 0 fully saturated rings. The molecule has 0 amide bonds. The van der Waals surface area contributed by atoms with Crippen molar-refractivity contribution < 1.29 is 5.11 Å². The predicted molar refractivity (Wildman–Crippen MR) is 196 cm³/mol. The van der Waals surface area contributed by atoms with E-state index in [0.29, 0.717) is 6.61 Å². The molecule has 0 atom stereocenters. The van der Waals surface area contributed by atoms with Gasteiger partial charge in [-0.3, -0.25) is 0 Å². The first-order valence-electron chi connectivity index (χ1n) is 20.5. The van der Waals surface area contributed by atoms with Crippen molar-refractivity contribution in [1.82, 2.24) is 4.90 Å². The fraction of sp³-hybridized carbons (Fsp3) is 1.00. The molecule has 0 aromatic carbocycles. The molecule has 0 aliphatic carbocycles. The van der Waals surface area contributed by atoms with E-state index < -0.39 is 0 Å². The summed E-state index contributed by atoms with van der Waals surface area (Å²) in [6.07, 6.45) is 49.2. The molecule has 2 nitrogen and oxygen atoms in total. The summed E-state index contributed by atoms with van der Waals surface area (Å²) in [7, 11) is 2.20. The molecular formula is C41H85NO. The van der Waals surface area contributed by atoms with E-state index in [1.165, 1.54) is 225 Å². The average molecular weight is 608 g/mol. The van der Waals surface area contributed by atoms with Gasteiger partial charge in [0.05, 0.1) is 6.61 Å². The van der Waals surface area contributed by atoms with Crippen LogP contribution in [0.1, 0.15) is 232 Å². The highest BCUT2D eigenvalue weighted by atomic mass is 16.3. The molecule has 0 saturated carbocycles. The number of unbranched alkanes of at least 4 members (excludes halogenated alkanes) is 30. The van der Waals surface area contributed by atoms with Gasteiger partial charge in [-0.2, -0.15) is 0 Å². The number of likely N-dealkylation sites (N-methyl/N-ethyl adjacent to an activating group) is 1. The molecule has 260 valence electrons. The third kappa shape index (κ3) is 36.3. The number of hydrogen-bond acceptors (Lipinski definition) is 2. The van der Waals surface area contributed by atoms with Crippen LogP contribution in [0.2, 0.25) is 0 Å². The van der Waals surface area contributed by atoms with E-state index in [0.717, 1.165) is 12.5 Å². The lowest BCUT2D eigenvalue weighted by Gasteiger charge is -2.23. The lowest BCUT2D eigenvalue weighted by molar-refractivity contribution is 0.192. The van der Waals surface area contributed by atoms with Gasteiger partial charge in [0.1, 0.15) is 0 Å². The molecule has 0 radical (unpaired) electrons. The van der Waals surface area contributed by atoms with Crippen LogP contribution < -0.4 is 0 Å². The van der Waals surface area contributed by atoms with Gasteiger partial charge in [0, 0.05) is 13.1 Å². The Kier molecular flexibility index (Phi) is 38.0. The molecule has 0 saturated heterocycles. The lowest BCUT2D eigenvalue weighted by atomic mass is 9.93. The second-order valence-electron chi connectivity index (χ2n) is 14.5. The van der Waals surface area contributed by atoms with Gasteiger partial charge < -0.3 is 10.0 Å². The van der Waals surface area contributed by atoms with Crippen molar-refractivity contribution in [1.29, 1.82) is 0 Å². The van der Waals surface area contributed by atoms with Gasteiger partial charge in [-0.1, -0.05) is 219 Å². The molecule has 2 heteroatoms. The molecule has 0 aromatic heterocycles. The van der Waals surface area contributed by atoms with E-state index in [2.05, 4.69) is 25.8 Å². The van der Waals surface area contributed by atoms with Crippen LogP contribution in [-0.4, -0.2) is 36.8 Å². The average Bonchev–Trinajstić information content (AvgIpc) is 3.00. The van der Waals surface area contributed by atoms with E-state index in [-0.39, 0.29) is 0 Å². The minimum atomic E-state index is 0.293. The van der Waals surface area contributed by atoms with E-state index in [9.17, 15) is 5.11 Å². The quantitative estimate of drug-likeness (QED) is 0.0706. The van der Waals surface area contributed by atoms with Crippen LogP contribution in [0.5, 0.6) is 0 Å². The Hall–Kier alpha value is -0.0800. The first-order chi connectivity index (χ1) is 21.2. The summed E-state index contributed by atoms with van der Waals surface area (Å²) in [5, 5.41) is 9.36. The summed E-state index contributed by atoms with van der Waals surface area (Å²) >= 11 is 0. The first-order valence-corrected chi connectivity index (χ1v) is 20.5. The van der Waals surface area contributed by atoms with Crippen LogP contribution in [0, 0.1) is 5.92 Å². The van der Waals surface area contributed by atoms with Crippen molar-refractivity contribution in [3.8, 4) is 0 Å². The molecule has 0 heterocycles. The van der Waals surface area contributed by atoms with Crippen LogP contribution in [0.3, 0.4) is 0 Å². The predicted octanol–water partition coefficient (Wildman–Crippen LogP) is 13.8. The SMILES string of the molecule is CCCCCCCCCCCCCCCCCCC(CCCCCCCCCCCCCCCCCC)CN(C)CCO. The highest BCUT2D eigenvalue weighted by molar-refractivity contribution is 4.65. The molecule has 0 unspecified atom stereocenters. The number of aliphatic hydroxyl groups is 1. The Balaban J connectivity index is 3.64. The Morgan fingerprint density at radius 2 is 0.605 bits per heavy atom. The van der Waals surface area contributed by atoms with E-state index in [1.54, 1.807) is 0 Å². The maximum Gasteiger partial charge on any atom is 0.0558 e. The zero-order valence-electron chi connectivity index (χ0n) is 30.6. The molecule has 43 heavy (non-hydrogen) atoms. The molecule has 0 aromatic rings. The van der Waals surface area contributed by atoms with Crippen molar-refractivity contribution in [2.24, 2.45) is 5.92 Å². The normalized spacial score (nSPS) is 11.9. The Bertz CT molecular complexity index is 444. The van der Waals surface area contributed by atoms with Crippen molar-refractivity contribution in [2.45, 2.75) is 232 Å². The second kappa shape index (κ2) is 38.1. The van der Waals surface area contributed by atoms with Crippen LogP contribution in [0.4, 0.5) is 0 Å². The molecule has 0 aliphatic heterocycles. The monoisotopic (exact) mass is 608 g/mol. The Labute approximate surface area is 274 Å². The van der Waals surface area contributed by atoms with Gasteiger partial charge in [-0.05, 0) is 25.8 Å². The molecule has 0 rings (SSSR count). The lowest BCUT2D eigenvalue weighted by Crippen LogP contribution is -2.28. The van der Waals surface area contributed by atoms with Gasteiger partial charge in [0.25, 0.3) is 0 Å². The summed E-state index contributed by atoms with van der Waals surface area (Å²) in [5.41, 5.74) is 0. The minimum Gasteiger partial charge on any atom is -0.395 e. The van der Waals surface area contributed by atoms with Crippen LogP contribution in [0.15, 0.2) is 0 Å². The van der Waals surface area contributed by atoms with Gasteiger partial charge in [0.15, 0.2) is 0 Å². The number of rotatable bonds is 38. The van der Waals surface area contributed by atoms with E-state index in [4.69, 9.17) is 0 Å². The molecule has 1 N–H and O–H groups in total. The standard InChI is InChI=1S/C41H85NO/c1-4-6-8-10-12-14-16-18-20-22-24-26-28-30-32-34-36-41(40-42(3)38-39-43)37-35-33-31-29-27-25-23-21-19-17-15-13-11-9-7-5-2/h41,43H,4-40H2,1-3H3. The maximum atomic E-state index is 9.36. The topological polar surface area (TPSA) is 23.5 Å². The molecule has 0 aliphatic rings. The zero-order chi connectivity index (χ0) is 31.3. The number of hydrogen-bond donors (Lipinski definition) is 1. The van der Waals surface area contributed by atoms with Gasteiger partial charge in [0.2, 0.25) is 0 Å². The van der Waals surface area contributed by atoms with Crippen molar-refractivity contribution in [2.75, 3.05) is 26.7 Å². The highest BCUT2D eigenvalue weighted by Gasteiger charge is 2.11. The van der Waals surface area contributed by atoms with Crippen molar-refractivity contribution in [3.63, 3.8) is 0 Å². The number of aliphatic hydroxyl groups excluding tert-OH is 1. The zero-order valence-corrected chi connectivity index (χ0v) is 30.6. The highest BCUT2D eigenvalue weighted by Crippen LogP contribution is 2.21. The summed E-state index contributed by atoms with van der Waals surface area (Å²) in [6.45, 7) is 6.91. The van der Waals surface area contributed by atoms with Crippen molar-refractivity contribution in [3.05, 3.63) is 0 Å². The molecular weight excluding hydrogens is 522 g/mol. The van der Waals surface area contributed by atoms with Gasteiger partial charge in [-0.25, -0.2) is 0 Å². The Morgan fingerprint density at radius 3 is 0.837 bits per heavy atom. The smallest absolute Gasteiger partial charge is 0.0558 e. The molecule has 0 bridgehead atoms. The van der Waals surface area contributed by atoms with Gasteiger partial charge >= 0.3 is 0 Å². The fourth-order valence-electron chi connectivity index (χ4n) is 6.99. The van der Waals surface area contributed by atoms with Crippen molar-refractivity contribution >= 4 is 0 Å². The third-order valence-corrected chi connectivity index (χ3v) is 9.98. The maximum absolute atomic E-state index is 9.36. The van der Waals surface area contributed by atoms with E-state index >= 15 is 0 Å². The largest absolute Gasteiger partial charge is 0.395 e. The Morgan fingerprint density at radius 1 is 0.372 bits per heavy atom. The summed E-state index contributed by atoms with van der Waals surface area (Å²) in [6, 6.07) is 0. The molecule has 0 spiro atoms. The van der Waals surface area contributed by atoms with E-state index in [1.807, 2.05) is 0 Å². The van der Waals surface area contributed by atoms with Crippen LogP contribution >= 0.6 is 0 Å². The second-order valence-corrected chi connectivity index (χ2v) is 14.5.